The molecule has 0 aliphatic heterocycles. The first-order valence-corrected chi connectivity index (χ1v) is 7.11. The maximum atomic E-state index is 11.7. The van der Waals surface area contributed by atoms with Crippen molar-refractivity contribution < 1.29 is 23.4 Å². The van der Waals surface area contributed by atoms with Gasteiger partial charge in [-0.25, -0.2) is 4.79 Å². The Hall–Kier alpha value is -2.54. The van der Waals surface area contributed by atoms with Gasteiger partial charge in [0.2, 0.25) is 0 Å². The molecule has 0 aliphatic carbocycles. The van der Waals surface area contributed by atoms with E-state index in [0.717, 1.165) is 0 Å². The lowest BCUT2D eigenvalue weighted by Gasteiger charge is -2.13. The van der Waals surface area contributed by atoms with Gasteiger partial charge in [-0.1, -0.05) is 0 Å². The molecule has 0 saturated carbocycles. The van der Waals surface area contributed by atoms with E-state index in [1.54, 1.807) is 19.1 Å². The van der Waals surface area contributed by atoms with Gasteiger partial charge in [0, 0.05) is 17.5 Å². The average molecular weight is 321 g/mol. The zero-order valence-electron chi connectivity index (χ0n) is 13.3. The van der Waals surface area contributed by atoms with Gasteiger partial charge in [0.25, 0.3) is 0 Å². The first kappa shape index (κ1) is 16.8. The molecule has 0 amide bonds. The van der Waals surface area contributed by atoms with Crippen molar-refractivity contribution in [3.63, 3.8) is 0 Å². The zero-order chi connectivity index (χ0) is 17.0. The van der Waals surface area contributed by atoms with E-state index in [-0.39, 0.29) is 13.0 Å². The second kappa shape index (κ2) is 7.15. The molecule has 1 unspecified atom stereocenters. The number of fused-ring (bicyclic) bond motifs is 1. The van der Waals surface area contributed by atoms with Gasteiger partial charge in [-0.15, -0.1) is 0 Å². The predicted octanol–water partition coefficient (Wildman–Crippen LogP) is 1.24. The molecule has 1 aromatic carbocycles. The van der Waals surface area contributed by atoms with Crippen molar-refractivity contribution >= 4 is 16.9 Å². The summed E-state index contributed by atoms with van der Waals surface area (Å²) in [5.41, 5.74) is 6.22. The second-order valence-electron chi connectivity index (χ2n) is 4.86. The van der Waals surface area contributed by atoms with Crippen LogP contribution in [0.4, 0.5) is 0 Å². The van der Waals surface area contributed by atoms with Gasteiger partial charge in [0.15, 0.2) is 11.5 Å². The molecule has 0 fully saturated rings. The quantitative estimate of drug-likeness (QED) is 0.631. The Bertz CT molecular complexity index is 767. The molecule has 124 valence electrons. The largest absolute Gasteiger partial charge is 0.493 e. The van der Waals surface area contributed by atoms with E-state index in [0.29, 0.717) is 28.0 Å². The molecule has 7 nitrogen and oxygen atoms in total. The van der Waals surface area contributed by atoms with Crippen molar-refractivity contribution in [1.82, 2.24) is 0 Å². The van der Waals surface area contributed by atoms with Crippen LogP contribution in [0.3, 0.4) is 0 Å². The number of carbonyl (C=O) groups excluding carboxylic acids is 1. The van der Waals surface area contributed by atoms with Crippen LogP contribution in [-0.4, -0.2) is 32.8 Å². The van der Waals surface area contributed by atoms with E-state index < -0.39 is 17.6 Å². The summed E-state index contributed by atoms with van der Waals surface area (Å²) >= 11 is 0. The van der Waals surface area contributed by atoms with Crippen molar-refractivity contribution in [2.75, 3.05) is 20.8 Å². The predicted molar refractivity (Wildman–Crippen MR) is 83.9 cm³/mol. The van der Waals surface area contributed by atoms with Crippen molar-refractivity contribution in [3.8, 4) is 11.5 Å². The van der Waals surface area contributed by atoms with Crippen LogP contribution in [0.5, 0.6) is 11.5 Å². The van der Waals surface area contributed by atoms with E-state index in [1.807, 2.05) is 0 Å². The number of rotatable bonds is 6. The van der Waals surface area contributed by atoms with Crippen LogP contribution in [0, 0.1) is 0 Å². The summed E-state index contributed by atoms with van der Waals surface area (Å²) in [6.45, 7) is 1.95. The Balaban J connectivity index is 2.50. The topological polar surface area (TPSA) is 101 Å². The minimum absolute atomic E-state index is 0.149. The van der Waals surface area contributed by atoms with Crippen molar-refractivity contribution in [3.05, 3.63) is 34.2 Å². The van der Waals surface area contributed by atoms with Crippen molar-refractivity contribution in [2.45, 2.75) is 19.4 Å². The van der Waals surface area contributed by atoms with Gasteiger partial charge >= 0.3 is 11.6 Å². The lowest BCUT2D eigenvalue weighted by Crippen LogP contribution is -2.34. The van der Waals surface area contributed by atoms with Gasteiger partial charge in [-0.05, 0) is 25.0 Å². The number of hydrogen-bond donors (Lipinski definition) is 1. The molecule has 0 radical (unpaired) electrons. The molecule has 0 spiro atoms. The summed E-state index contributed by atoms with van der Waals surface area (Å²) in [7, 11) is 3.00. The molecule has 2 aromatic rings. The lowest BCUT2D eigenvalue weighted by molar-refractivity contribution is -0.144. The number of hydrogen-bond acceptors (Lipinski definition) is 7. The Morgan fingerprint density at radius 2 is 1.87 bits per heavy atom. The number of methoxy groups -OCH3 is 2. The van der Waals surface area contributed by atoms with Gasteiger partial charge in [0.05, 0.1) is 20.8 Å². The molecule has 0 saturated heterocycles. The summed E-state index contributed by atoms with van der Waals surface area (Å²) < 4.78 is 20.5. The standard InChI is InChI=1S/C16H19NO6/c1-4-22-16(19)11(17)5-9-6-15(18)23-12-8-14(21-3)13(20-2)7-10(9)12/h6-8,11H,4-5,17H2,1-3H3. The Morgan fingerprint density at radius 1 is 1.22 bits per heavy atom. The lowest BCUT2D eigenvalue weighted by atomic mass is 10.0. The summed E-state index contributed by atoms with van der Waals surface area (Å²) in [6.07, 6.45) is 0.149. The fourth-order valence-corrected chi connectivity index (χ4v) is 2.29. The first-order chi connectivity index (χ1) is 11.0. The maximum Gasteiger partial charge on any atom is 0.336 e. The van der Waals surface area contributed by atoms with Gasteiger partial charge < -0.3 is 24.4 Å². The average Bonchev–Trinajstić information content (AvgIpc) is 2.53. The molecule has 1 atom stereocenters. The van der Waals surface area contributed by atoms with Gasteiger partial charge in [-0.3, -0.25) is 4.79 Å². The third kappa shape index (κ3) is 3.62. The van der Waals surface area contributed by atoms with Crippen LogP contribution in [0.1, 0.15) is 12.5 Å². The van der Waals surface area contributed by atoms with Crippen LogP contribution < -0.4 is 20.8 Å². The number of ether oxygens (including phenoxy) is 3. The van der Waals surface area contributed by atoms with E-state index in [4.69, 9.17) is 24.4 Å². The number of nitrogens with two attached hydrogens (primary N) is 1. The summed E-state index contributed by atoms with van der Waals surface area (Å²) in [5, 5.41) is 0.627. The van der Waals surface area contributed by atoms with E-state index in [1.165, 1.54) is 20.3 Å². The highest BCUT2D eigenvalue weighted by Crippen LogP contribution is 2.33. The fraction of sp³-hybridized carbons (Fsp3) is 0.375. The monoisotopic (exact) mass is 321 g/mol. The summed E-state index contributed by atoms with van der Waals surface area (Å²) in [5.74, 6) is 0.407. The highest BCUT2D eigenvalue weighted by Gasteiger charge is 2.19. The van der Waals surface area contributed by atoms with E-state index in [9.17, 15) is 9.59 Å². The van der Waals surface area contributed by atoms with Gasteiger partial charge in [0.1, 0.15) is 11.6 Å². The highest BCUT2D eigenvalue weighted by atomic mass is 16.5. The molecule has 0 aliphatic rings. The highest BCUT2D eigenvalue weighted by molar-refractivity contribution is 5.85. The Morgan fingerprint density at radius 3 is 2.48 bits per heavy atom. The Kier molecular flexibility index (Phi) is 5.23. The summed E-state index contributed by atoms with van der Waals surface area (Å²) in [6, 6.07) is 3.69. The molecule has 2 rings (SSSR count). The Labute approximate surface area is 132 Å². The van der Waals surface area contributed by atoms with Crippen LogP contribution in [-0.2, 0) is 16.0 Å². The van der Waals surface area contributed by atoms with Crippen LogP contribution in [0.15, 0.2) is 27.4 Å². The zero-order valence-corrected chi connectivity index (χ0v) is 13.3. The van der Waals surface area contributed by atoms with Crippen LogP contribution in [0.25, 0.3) is 11.0 Å². The second-order valence-corrected chi connectivity index (χ2v) is 4.86. The molecule has 2 N–H and O–H groups in total. The van der Waals surface area contributed by atoms with E-state index >= 15 is 0 Å². The molecule has 0 bridgehead atoms. The smallest absolute Gasteiger partial charge is 0.336 e. The van der Waals surface area contributed by atoms with Gasteiger partial charge in [-0.2, -0.15) is 0 Å². The summed E-state index contributed by atoms with van der Waals surface area (Å²) in [4.78, 5) is 23.4. The normalized spacial score (nSPS) is 12.0. The minimum atomic E-state index is -0.868. The molecule has 23 heavy (non-hydrogen) atoms. The number of esters is 1. The third-order valence-electron chi connectivity index (χ3n) is 3.36. The SMILES string of the molecule is CCOC(=O)C(N)Cc1cc(=O)oc2cc(OC)c(OC)cc12. The minimum Gasteiger partial charge on any atom is -0.493 e. The van der Waals surface area contributed by atoms with Crippen molar-refractivity contribution in [2.24, 2.45) is 5.73 Å². The maximum absolute atomic E-state index is 11.7. The fourth-order valence-electron chi connectivity index (χ4n) is 2.29. The van der Waals surface area contributed by atoms with E-state index in [2.05, 4.69) is 0 Å². The van der Waals surface area contributed by atoms with Crippen LogP contribution >= 0.6 is 0 Å². The molecular formula is C16H19NO6. The molecule has 1 aromatic heterocycles. The molecular weight excluding hydrogens is 302 g/mol. The number of carbonyl (C=O) groups is 1. The van der Waals surface area contributed by atoms with Crippen molar-refractivity contribution in [1.29, 1.82) is 0 Å². The molecule has 1 heterocycles. The molecule has 7 heteroatoms. The first-order valence-electron chi connectivity index (χ1n) is 7.11. The van der Waals surface area contributed by atoms with Crippen LogP contribution in [0.2, 0.25) is 0 Å². The number of benzene rings is 1. The third-order valence-corrected chi connectivity index (χ3v) is 3.36.